The molecular formula is C11H15ClN2O. The van der Waals surface area contributed by atoms with Gasteiger partial charge < -0.3 is 5.32 Å². The molecule has 82 valence electrons. The predicted molar refractivity (Wildman–Crippen MR) is 61.1 cm³/mol. The molecule has 0 spiro atoms. The van der Waals surface area contributed by atoms with E-state index in [2.05, 4.69) is 10.3 Å². The molecule has 0 saturated heterocycles. The first-order valence-electron chi connectivity index (χ1n) is 5.05. The van der Waals surface area contributed by atoms with Crippen LogP contribution in [0.1, 0.15) is 30.3 Å². The molecule has 3 nitrogen and oxygen atoms in total. The highest BCUT2D eigenvalue weighted by atomic mass is 35.5. The van der Waals surface area contributed by atoms with E-state index in [9.17, 15) is 4.79 Å². The van der Waals surface area contributed by atoms with Crippen LogP contribution in [0, 0.1) is 0 Å². The Kier molecular flexibility index (Phi) is 5.12. The van der Waals surface area contributed by atoms with Gasteiger partial charge in [-0.15, -0.1) is 11.6 Å². The zero-order valence-electron chi connectivity index (χ0n) is 8.74. The molecule has 0 radical (unpaired) electrons. The number of amides is 1. The topological polar surface area (TPSA) is 42.0 Å². The van der Waals surface area contributed by atoms with Gasteiger partial charge in [-0.25, -0.2) is 0 Å². The van der Waals surface area contributed by atoms with Crippen molar-refractivity contribution in [1.82, 2.24) is 10.3 Å². The molecule has 1 aromatic heterocycles. The summed E-state index contributed by atoms with van der Waals surface area (Å²) in [5.41, 5.74) is 0.450. The lowest BCUT2D eigenvalue weighted by Gasteiger charge is -2.14. The van der Waals surface area contributed by atoms with Gasteiger partial charge in [-0.3, -0.25) is 9.78 Å². The lowest BCUT2D eigenvalue weighted by atomic mass is 10.1. The summed E-state index contributed by atoms with van der Waals surface area (Å²) in [7, 11) is 0. The summed E-state index contributed by atoms with van der Waals surface area (Å²) in [6, 6.07) is 5.41. The zero-order valence-corrected chi connectivity index (χ0v) is 9.50. The molecule has 1 atom stereocenters. The van der Waals surface area contributed by atoms with Crippen molar-refractivity contribution in [3.05, 3.63) is 30.1 Å². The summed E-state index contributed by atoms with van der Waals surface area (Å²) in [6.45, 7) is 2.02. The third kappa shape index (κ3) is 3.88. The summed E-state index contributed by atoms with van der Waals surface area (Å²) >= 11 is 5.64. The Labute approximate surface area is 94.9 Å². The van der Waals surface area contributed by atoms with Crippen molar-refractivity contribution in [2.75, 3.05) is 5.88 Å². The maximum atomic E-state index is 11.7. The van der Waals surface area contributed by atoms with Crippen LogP contribution in [0.5, 0.6) is 0 Å². The monoisotopic (exact) mass is 226 g/mol. The van der Waals surface area contributed by atoms with Crippen LogP contribution in [0.3, 0.4) is 0 Å². The molecule has 1 N–H and O–H groups in total. The molecule has 0 aliphatic heterocycles. The number of hydrogen-bond donors (Lipinski definition) is 1. The van der Waals surface area contributed by atoms with Gasteiger partial charge in [0.1, 0.15) is 5.69 Å². The van der Waals surface area contributed by atoms with Crippen molar-refractivity contribution in [3.8, 4) is 0 Å². The SMILES string of the molecule is CCC(CCCl)NC(=O)c1ccccn1. The first-order valence-corrected chi connectivity index (χ1v) is 5.59. The number of alkyl halides is 1. The van der Waals surface area contributed by atoms with Gasteiger partial charge in [0.15, 0.2) is 0 Å². The Morgan fingerprint density at radius 2 is 2.40 bits per heavy atom. The molecule has 0 fully saturated rings. The molecular weight excluding hydrogens is 212 g/mol. The minimum Gasteiger partial charge on any atom is -0.348 e. The largest absolute Gasteiger partial charge is 0.348 e. The Morgan fingerprint density at radius 1 is 1.60 bits per heavy atom. The summed E-state index contributed by atoms with van der Waals surface area (Å²) in [5, 5.41) is 2.90. The minimum atomic E-state index is -0.132. The Hall–Kier alpha value is -1.09. The number of carbonyl (C=O) groups is 1. The van der Waals surface area contributed by atoms with Crippen LogP contribution < -0.4 is 5.32 Å². The highest BCUT2D eigenvalue weighted by Crippen LogP contribution is 2.01. The highest BCUT2D eigenvalue weighted by molar-refractivity contribution is 6.17. The van der Waals surface area contributed by atoms with Gasteiger partial charge in [0.2, 0.25) is 0 Å². The number of pyridine rings is 1. The maximum absolute atomic E-state index is 11.7. The standard InChI is InChI=1S/C11H15ClN2O/c1-2-9(6-7-12)14-11(15)10-5-3-4-8-13-10/h3-5,8-9H,2,6-7H2,1H3,(H,14,15). The molecule has 0 aliphatic carbocycles. The molecule has 4 heteroatoms. The molecule has 0 bridgehead atoms. The fourth-order valence-corrected chi connectivity index (χ4v) is 1.53. The fourth-order valence-electron chi connectivity index (χ4n) is 1.27. The van der Waals surface area contributed by atoms with E-state index in [-0.39, 0.29) is 11.9 Å². The molecule has 1 amide bonds. The predicted octanol–water partition coefficient (Wildman–Crippen LogP) is 2.22. The number of aromatic nitrogens is 1. The Balaban J connectivity index is 2.55. The van der Waals surface area contributed by atoms with Crippen LogP contribution >= 0.6 is 11.6 Å². The Bertz CT molecular complexity index is 303. The number of rotatable bonds is 5. The second-order valence-electron chi connectivity index (χ2n) is 3.27. The molecule has 1 unspecified atom stereocenters. The summed E-state index contributed by atoms with van der Waals surface area (Å²) < 4.78 is 0. The molecule has 1 aromatic rings. The lowest BCUT2D eigenvalue weighted by Crippen LogP contribution is -2.35. The Morgan fingerprint density at radius 3 is 2.93 bits per heavy atom. The van der Waals surface area contributed by atoms with Crippen LogP contribution in [0.4, 0.5) is 0 Å². The van der Waals surface area contributed by atoms with Gasteiger partial charge in [-0.2, -0.15) is 0 Å². The van der Waals surface area contributed by atoms with Crippen LogP contribution in [0.15, 0.2) is 24.4 Å². The summed E-state index contributed by atoms with van der Waals surface area (Å²) in [4.78, 5) is 15.7. The van der Waals surface area contributed by atoms with Crippen LogP contribution in [0.2, 0.25) is 0 Å². The van der Waals surface area contributed by atoms with E-state index in [1.54, 1.807) is 24.4 Å². The number of hydrogen-bond acceptors (Lipinski definition) is 2. The van der Waals surface area contributed by atoms with E-state index in [1.165, 1.54) is 0 Å². The van der Waals surface area contributed by atoms with Crippen molar-refractivity contribution in [1.29, 1.82) is 0 Å². The first kappa shape index (κ1) is 12.0. The number of carbonyl (C=O) groups excluding carboxylic acids is 1. The van der Waals surface area contributed by atoms with Crippen molar-refractivity contribution < 1.29 is 4.79 Å². The average Bonchev–Trinajstić information content (AvgIpc) is 2.29. The lowest BCUT2D eigenvalue weighted by molar-refractivity contribution is 0.0930. The van der Waals surface area contributed by atoms with Crippen molar-refractivity contribution in [2.45, 2.75) is 25.8 Å². The molecule has 1 heterocycles. The smallest absolute Gasteiger partial charge is 0.270 e. The average molecular weight is 227 g/mol. The second-order valence-corrected chi connectivity index (χ2v) is 3.65. The van der Waals surface area contributed by atoms with E-state index in [4.69, 9.17) is 11.6 Å². The van der Waals surface area contributed by atoms with Gasteiger partial charge in [0.25, 0.3) is 5.91 Å². The second kappa shape index (κ2) is 6.40. The van der Waals surface area contributed by atoms with Crippen LogP contribution in [-0.4, -0.2) is 22.8 Å². The highest BCUT2D eigenvalue weighted by Gasteiger charge is 2.11. The molecule has 0 aromatic carbocycles. The third-order valence-corrected chi connectivity index (χ3v) is 2.40. The number of halogens is 1. The van der Waals surface area contributed by atoms with Gasteiger partial charge in [-0.05, 0) is 25.0 Å². The van der Waals surface area contributed by atoms with Crippen molar-refractivity contribution >= 4 is 17.5 Å². The molecule has 0 aliphatic rings. The summed E-state index contributed by atoms with van der Waals surface area (Å²) in [5.74, 6) is 0.425. The molecule has 15 heavy (non-hydrogen) atoms. The minimum absolute atomic E-state index is 0.132. The van der Waals surface area contributed by atoms with Crippen LogP contribution in [-0.2, 0) is 0 Å². The zero-order chi connectivity index (χ0) is 11.1. The van der Waals surface area contributed by atoms with Gasteiger partial charge in [0.05, 0.1) is 0 Å². The summed E-state index contributed by atoms with van der Waals surface area (Å²) in [6.07, 6.45) is 3.28. The van der Waals surface area contributed by atoms with E-state index in [0.717, 1.165) is 12.8 Å². The molecule has 0 saturated carbocycles. The van der Waals surface area contributed by atoms with E-state index in [1.807, 2.05) is 6.92 Å². The number of nitrogens with one attached hydrogen (secondary N) is 1. The number of nitrogens with zero attached hydrogens (tertiary/aromatic N) is 1. The quantitative estimate of drug-likeness (QED) is 0.783. The van der Waals surface area contributed by atoms with Gasteiger partial charge in [0, 0.05) is 18.1 Å². The maximum Gasteiger partial charge on any atom is 0.270 e. The van der Waals surface area contributed by atoms with E-state index < -0.39 is 0 Å². The normalized spacial score (nSPS) is 12.1. The van der Waals surface area contributed by atoms with Gasteiger partial charge in [-0.1, -0.05) is 13.0 Å². The third-order valence-electron chi connectivity index (χ3n) is 2.18. The van der Waals surface area contributed by atoms with Crippen molar-refractivity contribution in [3.63, 3.8) is 0 Å². The fraction of sp³-hybridized carbons (Fsp3) is 0.455. The van der Waals surface area contributed by atoms with Crippen LogP contribution in [0.25, 0.3) is 0 Å². The van der Waals surface area contributed by atoms with E-state index >= 15 is 0 Å². The molecule has 1 rings (SSSR count). The van der Waals surface area contributed by atoms with E-state index in [0.29, 0.717) is 11.6 Å². The van der Waals surface area contributed by atoms with Crippen molar-refractivity contribution in [2.24, 2.45) is 0 Å². The van der Waals surface area contributed by atoms with Gasteiger partial charge >= 0.3 is 0 Å². The first-order chi connectivity index (χ1) is 7.27.